The molecule has 0 saturated heterocycles. The van der Waals surface area contributed by atoms with Gasteiger partial charge in [-0.1, -0.05) is 158 Å². The van der Waals surface area contributed by atoms with E-state index in [1.807, 2.05) is 11.3 Å². The first-order chi connectivity index (χ1) is 42.6. The number of benzene rings is 13. The normalized spacial score (nSPS) is 13.0. The second-order valence-electron chi connectivity index (χ2n) is 23.0. The van der Waals surface area contributed by atoms with E-state index in [4.69, 9.17) is 13.3 Å². The van der Waals surface area contributed by atoms with Crippen LogP contribution in [0, 0.1) is 0 Å². The number of hydrogen-bond donors (Lipinski definition) is 0. The maximum Gasteiger partial charge on any atom is 0.252 e. The van der Waals surface area contributed by atoms with Crippen LogP contribution in [0.1, 0.15) is 0 Å². The molecule has 5 aromatic heterocycles. The Morgan fingerprint density at radius 3 is 1.51 bits per heavy atom. The zero-order valence-electron chi connectivity index (χ0n) is 46.0. The quantitative estimate of drug-likeness (QED) is 0.161. The van der Waals surface area contributed by atoms with Crippen molar-refractivity contribution in [3.8, 4) is 27.9 Å². The average molecular weight is 1110 g/mol. The largest absolute Gasteiger partial charge is 0.456 e. The third-order valence-corrected chi connectivity index (χ3v) is 19.7. The van der Waals surface area contributed by atoms with Crippen LogP contribution in [0.3, 0.4) is 0 Å². The summed E-state index contributed by atoms with van der Waals surface area (Å²) in [5, 5.41) is 11.2. The minimum Gasteiger partial charge on any atom is -0.456 e. The number of para-hydroxylation sites is 3. The molecule has 18 aromatic rings. The lowest BCUT2D eigenvalue weighted by Gasteiger charge is -2.44. The molecule has 0 saturated carbocycles. The van der Waals surface area contributed by atoms with Crippen molar-refractivity contribution >= 4 is 176 Å². The lowest BCUT2D eigenvalue weighted by molar-refractivity contribution is 0.668. The minimum atomic E-state index is -0.271. The first-order valence-corrected chi connectivity index (χ1v) is 30.1. The van der Waals surface area contributed by atoms with Crippen LogP contribution in [-0.4, -0.2) is 11.3 Å². The molecule has 7 heterocycles. The molecule has 398 valence electrons. The van der Waals surface area contributed by atoms with Gasteiger partial charge in [-0.25, -0.2) is 0 Å². The predicted octanol–water partition coefficient (Wildman–Crippen LogP) is 20.3. The second kappa shape index (κ2) is 17.3. The predicted molar refractivity (Wildman–Crippen MR) is 360 cm³/mol. The van der Waals surface area contributed by atoms with Crippen molar-refractivity contribution in [2.24, 2.45) is 0 Å². The molecule has 0 radical (unpaired) electrons. The summed E-state index contributed by atoms with van der Waals surface area (Å²) < 4.78 is 25.8. The molecule has 13 aromatic carbocycles. The van der Waals surface area contributed by atoms with E-state index in [0.717, 1.165) is 144 Å². The number of furan rings is 3. The number of thiophene rings is 1. The van der Waals surface area contributed by atoms with Crippen molar-refractivity contribution in [1.82, 2.24) is 4.57 Å². The van der Waals surface area contributed by atoms with Crippen LogP contribution in [0.5, 0.6) is 0 Å². The van der Waals surface area contributed by atoms with Crippen LogP contribution in [-0.2, 0) is 0 Å². The van der Waals surface area contributed by atoms with Crippen LogP contribution >= 0.6 is 11.3 Å². The maximum atomic E-state index is 6.99. The van der Waals surface area contributed by atoms with Gasteiger partial charge < -0.3 is 27.6 Å². The second-order valence-corrected chi connectivity index (χ2v) is 24.1. The van der Waals surface area contributed by atoms with E-state index < -0.39 is 0 Å². The summed E-state index contributed by atoms with van der Waals surface area (Å²) in [6.45, 7) is -0.271. The lowest BCUT2D eigenvalue weighted by atomic mass is 9.33. The summed E-state index contributed by atoms with van der Waals surface area (Å²) in [4.78, 5) is 5.18. The van der Waals surface area contributed by atoms with Crippen molar-refractivity contribution < 1.29 is 13.3 Å². The molecule has 2 aliphatic heterocycles. The summed E-state index contributed by atoms with van der Waals surface area (Å²) in [6, 6.07) is 97.4. The highest BCUT2D eigenvalue weighted by Crippen LogP contribution is 2.55. The van der Waals surface area contributed by atoms with E-state index in [2.05, 4.69) is 281 Å². The summed E-state index contributed by atoms with van der Waals surface area (Å²) in [7, 11) is 0. The first kappa shape index (κ1) is 46.4. The maximum absolute atomic E-state index is 6.99. The van der Waals surface area contributed by atoms with Gasteiger partial charge in [0.25, 0.3) is 6.71 Å². The van der Waals surface area contributed by atoms with E-state index in [-0.39, 0.29) is 6.71 Å². The molecular weight excluding hydrogens is 1070 g/mol. The molecule has 0 fully saturated rings. The third kappa shape index (κ3) is 6.34. The number of nitrogens with zero attached hydrogens (tertiary/aromatic N) is 3. The molecule has 0 bridgehead atoms. The topological polar surface area (TPSA) is 50.8 Å². The molecule has 0 N–H and O–H groups in total. The molecule has 0 atom stereocenters. The van der Waals surface area contributed by atoms with Gasteiger partial charge in [-0.15, -0.1) is 11.3 Å². The van der Waals surface area contributed by atoms with Gasteiger partial charge in [-0.05, 0) is 148 Å². The van der Waals surface area contributed by atoms with Gasteiger partial charge in [0.2, 0.25) is 0 Å². The molecule has 86 heavy (non-hydrogen) atoms. The zero-order valence-corrected chi connectivity index (χ0v) is 46.8. The molecule has 0 aliphatic carbocycles. The van der Waals surface area contributed by atoms with E-state index in [1.54, 1.807) is 0 Å². The highest BCUT2D eigenvalue weighted by molar-refractivity contribution is 7.26. The van der Waals surface area contributed by atoms with Crippen LogP contribution in [0.2, 0.25) is 0 Å². The highest BCUT2D eigenvalue weighted by Gasteiger charge is 2.46. The van der Waals surface area contributed by atoms with Crippen molar-refractivity contribution in [3.63, 3.8) is 0 Å². The van der Waals surface area contributed by atoms with Crippen molar-refractivity contribution in [2.75, 3.05) is 9.80 Å². The van der Waals surface area contributed by atoms with Crippen LogP contribution in [0.15, 0.2) is 280 Å². The Morgan fingerprint density at radius 2 is 0.837 bits per heavy atom. The fraction of sp³-hybridized carbons (Fsp3) is 0. The Balaban J connectivity index is 0.960. The highest BCUT2D eigenvalue weighted by atomic mass is 32.1. The Bertz CT molecular complexity index is 5900. The van der Waals surface area contributed by atoms with Gasteiger partial charge in [-0.3, -0.25) is 0 Å². The molecule has 20 rings (SSSR count). The van der Waals surface area contributed by atoms with E-state index in [1.165, 1.54) is 41.9 Å². The van der Waals surface area contributed by atoms with E-state index in [9.17, 15) is 0 Å². The van der Waals surface area contributed by atoms with Crippen molar-refractivity contribution in [2.45, 2.75) is 0 Å². The van der Waals surface area contributed by atoms with Crippen LogP contribution in [0.25, 0.3) is 136 Å². The van der Waals surface area contributed by atoms with Gasteiger partial charge in [0, 0.05) is 70.5 Å². The number of anilines is 6. The van der Waals surface area contributed by atoms with Crippen molar-refractivity contribution in [1.29, 1.82) is 0 Å². The summed E-state index contributed by atoms with van der Waals surface area (Å²) in [5.74, 6) is 0. The number of fused-ring (bicyclic) bond motifs is 20. The summed E-state index contributed by atoms with van der Waals surface area (Å²) in [6.07, 6.45) is 0. The molecular formula is C78H44BN3O3S. The first-order valence-electron chi connectivity index (χ1n) is 29.3. The number of hydrogen-bond acceptors (Lipinski definition) is 6. The Hall–Kier alpha value is -11.1. The fourth-order valence-electron chi connectivity index (χ4n) is 14.9. The van der Waals surface area contributed by atoms with Crippen LogP contribution in [0.4, 0.5) is 34.1 Å². The molecule has 8 heteroatoms. The zero-order chi connectivity index (χ0) is 55.9. The van der Waals surface area contributed by atoms with Gasteiger partial charge in [0.05, 0.1) is 43.6 Å². The molecule has 2 aliphatic rings. The minimum absolute atomic E-state index is 0.271. The van der Waals surface area contributed by atoms with Gasteiger partial charge >= 0.3 is 0 Å². The van der Waals surface area contributed by atoms with E-state index >= 15 is 0 Å². The molecule has 0 spiro atoms. The van der Waals surface area contributed by atoms with Crippen molar-refractivity contribution in [3.05, 3.63) is 267 Å². The summed E-state index contributed by atoms with van der Waals surface area (Å²) >= 11 is 1.88. The Morgan fingerprint density at radius 1 is 0.302 bits per heavy atom. The van der Waals surface area contributed by atoms with E-state index in [0.29, 0.717) is 0 Å². The average Bonchev–Trinajstić information content (AvgIpc) is 1.12. The Labute approximate surface area is 495 Å². The molecule has 0 unspecified atom stereocenters. The van der Waals surface area contributed by atoms with Gasteiger partial charge in [0.1, 0.15) is 33.5 Å². The molecule has 0 amide bonds. The number of aromatic nitrogens is 1. The standard InChI is InChI=1S/C78H44BN3O3S/c1-3-17-45(18-4-1)47-33-37-68-56(39-47)74-63(27-15-30-70(74)83-68)81-65-42-54-52-23-9-13-29-67(52)85-72(54)44-59(65)79-58-41-49(80-60-25-11-7-21-50(60)51-22-8-12-26-61(51)80)35-36-62(58)82(77-76(79)66(81)43-55-53-24-10-14-32-73(53)86-78(55)77)64-28-16-31-71-75(64)57-40-48(34-38-69(57)84-71)46-19-5-2-6-20-46/h1-44H. The molecule has 6 nitrogen and oxygen atoms in total. The lowest BCUT2D eigenvalue weighted by Crippen LogP contribution is -2.61. The smallest absolute Gasteiger partial charge is 0.252 e. The van der Waals surface area contributed by atoms with Gasteiger partial charge in [0.15, 0.2) is 0 Å². The van der Waals surface area contributed by atoms with Crippen LogP contribution < -0.4 is 26.2 Å². The third-order valence-electron chi connectivity index (χ3n) is 18.5. The van der Waals surface area contributed by atoms with Gasteiger partial charge in [-0.2, -0.15) is 0 Å². The summed E-state index contributed by atoms with van der Waals surface area (Å²) in [5.41, 5.74) is 23.1. The number of rotatable bonds is 5. The fourth-order valence-corrected chi connectivity index (χ4v) is 16.1. The SMILES string of the molecule is c1ccc(-c2ccc3oc4cccc(N5c6cc7c(cc6B6c8cc(-n9c%10ccccc%10c%10ccccc%109)ccc8N(c8cccc9oc%10ccc(-c%11ccccc%11)cc%10c89)c8c6c5cc5c8sc6ccccc65)oc5ccccc57)c4c3c2)cc1. The Kier molecular flexibility index (Phi) is 9.32. The monoisotopic (exact) mass is 1110 g/mol.